The minimum atomic E-state index is -0.101. The summed E-state index contributed by atoms with van der Waals surface area (Å²) in [6, 6.07) is 11.8. The largest absolute Gasteiger partial charge is 0.394 e. The van der Waals surface area contributed by atoms with Crippen molar-refractivity contribution in [3.63, 3.8) is 0 Å². The summed E-state index contributed by atoms with van der Waals surface area (Å²) in [5, 5.41) is 20.9. The molecule has 0 saturated carbocycles. The van der Waals surface area contributed by atoms with Crippen molar-refractivity contribution in [3.05, 3.63) is 48.0 Å². The standard InChI is InChI=1S/C18H21N5OS.C6H16N2/c1-12(11-24)21-17-15(16-4-3-9-25-16)10-20-18(23-17)22-14-7-5-13(19-2)6-8-14;1-3-8(4-2)6-5-7/h3-10,12,19,24H,11H2,1-2H3,(H2,20,21,22,23);3-7H2,1-2H3/t12-;/m1./s1. The van der Waals surface area contributed by atoms with E-state index >= 15 is 0 Å². The van der Waals surface area contributed by atoms with Crippen LogP contribution in [0.1, 0.15) is 20.8 Å². The number of likely N-dealkylation sites (N-methyl/N-ethyl adjacent to an activating group) is 1. The van der Waals surface area contributed by atoms with Gasteiger partial charge in [-0.1, -0.05) is 19.9 Å². The monoisotopic (exact) mass is 471 g/mol. The SMILES string of the molecule is CCN(CC)CCN.CNc1ccc(Nc2ncc(-c3cccs3)c(N[C@H](C)CO)n2)cc1. The van der Waals surface area contributed by atoms with Gasteiger partial charge >= 0.3 is 0 Å². The van der Waals surface area contributed by atoms with E-state index in [1.807, 2.05) is 55.7 Å². The molecule has 1 atom stereocenters. The van der Waals surface area contributed by atoms with Crippen LogP contribution in [0, 0.1) is 0 Å². The van der Waals surface area contributed by atoms with E-state index in [2.05, 4.69) is 44.7 Å². The summed E-state index contributed by atoms with van der Waals surface area (Å²) in [4.78, 5) is 12.4. The number of rotatable bonds is 11. The molecule has 0 saturated heterocycles. The molecule has 33 heavy (non-hydrogen) atoms. The average molecular weight is 472 g/mol. The zero-order valence-corrected chi connectivity index (χ0v) is 20.8. The van der Waals surface area contributed by atoms with Crippen LogP contribution in [-0.4, -0.2) is 65.8 Å². The Morgan fingerprint density at radius 3 is 2.33 bits per heavy atom. The number of aliphatic hydroxyl groups is 1. The highest BCUT2D eigenvalue weighted by atomic mass is 32.1. The van der Waals surface area contributed by atoms with Gasteiger partial charge in [-0.15, -0.1) is 11.3 Å². The van der Waals surface area contributed by atoms with Crippen LogP contribution in [0.4, 0.5) is 23.1 Å². The molecule has 2 heterocycles. The summed E-state index contributed by atoms with van der Waals surface area (Å²) >= 11 is 1.63. The molecule has 0 amide bonds. The van der Waals surface area contributed by atoms with Crippen LogP contribution in [0.25, 0.3) is 10.4 Å². The van der Waals surface area contributed by atoms with Gasteiger partial charge in [0.25, 0.3) is 0 Å². The molecule has 3 aromatic rings. The van der Waals surface area contributed by atoms with Crippen molar-refractivity contribution in [2.75, 3.05) is 55.8 Å². The van der Waals surface area contributed by atoms with E-state index in [1.54, 1.807) is 17.5 Å². The maximum atomic E-state index is 9.35. The van der Waals surface area contributed by atoms with E-state index in [-0.39, 0.29) is 12.6 Å². The van der Waals surface area contributed by atoms with Gasteiger partial charge in [-0.25, -0.2) is 4.98 Å². The van der Waals surface area contributed by atoms with Gasteiger partial charge in [0.1, 0.15) is 5.82 Å². The Morgan fingerprint density at radius 1 is 1.12 bits per heavy atom. The first-order valence-corrected chi connectivity index (χ1v) is 12.2. The minimum Gasteiger partial charge on any atom is -0.394 e. The number of aliphatic hydroxyl groups excluding tert-OH is 1. The number of hydrogen-bond donors (Lipinski definition) is 5. The summed E-state index contributed by atoms with van der Waals surface area (Å²) in [6.45, 7) is 10.3. The van der Waals surface area contributed by atoms with Crippen LogP contribution in [0.15, 0.2) is 48.0 Å². The molecule has 2 aromatic heterocycles. The lowest BCUT2D eigenvalue weighted by molar-refractivity contribution is 0.281. The third-order valence-electron chi connectivity index (χ3n) is 5.00. The van der Waals surface area contributed by atoms with Crippen molar-refractivity contribution >= 4 is 34.5 Å². The molecule has 0 bridgehead atoms. The summed E-state index contributed by atoms with van der Waals surface area (Å²) in [5.41, 5.74) is 8.21. The van der Waals surface area contributed by atoms with E-state index in [1.165, 1.54) is 0 Å². The third-order valence-corrected chi connectivity index (χ3v) is 5.90. The number of aromatic nitrogens is 2. The third kappa shape index (κ3) is 8.62. The fourth-order valence-corrected chi connectivity index (χ4v) is 3.75. The fraction of sp³-hybridized carbons (Fsp3) is 0.417. The summed E-state index contributed by atoms with van der Waals surface area (Å²) in [6.07, 6.45) is 1.80. The van der Waals surface area contributed by atoms with Gasteiger partial charge in [0.05, 0.1) is 12.2 Å². The zero-order valence-electron chi connectivity index (χ0n) is 20.0. The molecule has 0 radical (unpaired) electrons. The van der Waals surface area contributed by atoms with E-state index in [0.29, 0.717) is 11.8 Å². The molecular formula is C24H37N7OS. The van der Waals surface area contributed by atoms with Gasteiger partial charge in [0, 0.05) is 48.6 Å². The first kappa shape index (κ1) is 26.5. The van der Waals surface area contributed by atoms with Crippen molar-refractivity contribution in [1.82, 2.24) is 14.9 Å². The Kier molecular flexibility index (Phi) is 11.6. The van der Waals surface area contributed by atoms with Gasteiger partial charge in [-0.2, -0.15) is 4.98 Å². The predicted octanol–water partition coefficient (Wildman–Crippen LogP) is 4.07. The second-order valence-electron chi connectivity index (χ2n) is 7.43. The van der Waals surface area contributed by atoms with Crippen LogP contribution >= 0.6 is 11.3 Å². The quantitative estimate of drug-likeness (QED) is 0.285. The van der Waals surface area contributed by atoms with Crippen molar-refractivity contribution in [2.45, 2.75) is 26.8 Å². The second kappa shape index (κ2) is 14.4. The Bertz CT molecular complexity index is 915. The Morgan fingerprint density at radius 2 is 1.82 bits per heavy atom. The van der Waals surface area contributed by atoms with Crippen molar-refractivity contribution < 1.29 is 5.11 Å². The highest BCUT2D eigenvalue weighted by Crippen LogP contribution is 2.31. The molecule has 0 spiro atoms. The topological polar surface area (TPSA) is 111 Å². The molecule has 180 valence electrons. The predicted molar refractivity (Wildman–Crippen MR) is 142 cm³/mol. The average Bonchev–Trinajstić information content (AvgIpc) is 3.38. The Hall–Kier alpha value is -2.72. The maximum absolute atomic E-state index is 9.35. The lowest BCUT2D eigenvalue weighted by atomic mass is 10.2. The number of anilines is 4. The molecule has 0 unspecified atom stereocenters. The van der Waals surface area contributed by atoms with Gasteiger partial charge in [0.15, 0.2) is 0 Å². The van der Waals surface area contributed by atoms with Gasteiger partial charge < -0.3 is 31.7 Å². The van der Waals surface area contributed by atoms with Crippen LogP contribution in [0.5, 0.6) is 0 Å². The first-order valence-electron chi connectivity index (χ1n) is 11.3. The van der Waals surface area contributed by atoms with Gasteiger partial charge in [-0.05, 0) is 55.7 Å². The van der Waals surface area contributed by atoms with Gasteiger partial charge in [0.2, 0.25) is 5.95 Å². The summed E-state index contributed by atoms with van der Waals surface area (Å²) < 4.78 is 0. The Balaban J connectivity index is 0.000000414. The second-order valence-corrected chi connectivity index (χ2v) is 8.38. The van der Waals surface area contributed by atoms with Crippen LogP contribution in [-0.2, 0) is 0 Å². The highest BCUT2D eigenvalue weighted by Gasteiger charge is 2.12. The lowest BCUT2D eigenvalue weighted by Gasteiger charge is -2.16. The maximum Gasteiger partial charge on any atom is 0.229 e. The molecule has 8 nitrogen and oxygen atoms in total. The number of nitrogens with two attached hydrogens (primary N) is 1. The van der Waals surface area contributed by atoms with Crippen molar-refractivity contribution in [3.8, 4) is 10.4 Å². The highest BCUT2D eigenvalue weighted by molar-refractivity contribution is 7.13. The summed E-state index contributed by atoms with van der Waals surface area (Å²) in [5.74, 6) is 1.21. The smallest absolute Gasteiger partial charge is 0.229 e. The van der Waals surface area contributed by atoms with E-state index in [9.17, 15) is 5.11 Å². The minimum absolute atomic E-state index is 0.0299. The van der Waals surface area contributed by atoms with Crippen LogP contribution < -0.4 is 21.7 Å². The molecule has 1 aromatic carbocycles. The van der Waals surface area contributed by atoms with E-state index in [0.717, 1.165) is 48.0 Å². The van der Waals surface area contributed by atoms with Gasteiger partial charge in [-0.3, -0.25) is 0 Å². The molecule has 3 rings (SSSR count). The normalized spacial score (nSPS) is 11.5. The molecule has 0 aliphatic carbocycles. The van der Waals surface area contributed by atoms with Crippen LogP contribution in [0.3, 0.4) is 0 Å². The number of benzene rings is 1. The molecule has 9 heteroatoms. The van der Waals surface area contributed by atoms with E-state index < -0.39 is 0 Å². The van der Waals surface area contributed by atoms with Crippen molar-refractivity contribution in [2.24, 2.45) is 5.73 Å². The van der Waals surface area contributed by atoms with Crippen molar-refractivity contribution in [1.29, 1.82) is 0 Å². The number of nitrogens with zero attached hydrogens (tertiary/aromatic N) is 3. The molecule has 0 aliphatic rings. The Labute approximate surface area is 201 Å². The lowest BCUT2D eigenvalue weighted by Crippen LogP contribution is -2.28. The fourth-order valence-electron chi connectivity index (χ4n) is 3.01. The number of nitrogens with one attached hydrogen (secondary N) is 3. The molecular weight excluding hydrogens is 434 g/mol. The molecule has 0 fully saturated rings. The molecule has 6 N–H and O–H groups in total. The van der Waals surface area contributed by atoms with Crippen LogP contribution in [0.2, 0.25) is 0 Å². The molecule has 0 aliphatic heterocycles. The number of hydrogen-bond acceptors (Lipinski definition) is 9. The summed E-state index contributed by atoms with van der Waals surface area (Å²) in [7, 11) is 1.88. The zero-order chi connectivity index (χ0) is 24.1. The number of thiophene rings is 1. The van der Waals surface area contributed by atoms with E-state index in [4.69, 9.17) is 5.73 Å². The first-order chi connectivity index (χ1) is 16.0.